The van der Waals surface area contributed by atoms with Crippen molar-refractivity contribution in [3.05, 3.63) is 24.3 Å². The number of carbonyl (C=O) groups excluding carboxylic acids is 1. The number of hydrogen-bond donors (Lipinski definition) is 1. The van der Waals surface area contributed by atoms with Gasteiger partial charge in [0.05, 0.1) is 0 Å². The van der Waals surface area contributed by atoms with Crippen LogP contribution in [-0.4, -0.2) is 49.3 Å². The van der Waals surface area contributed by atoms with E-state index in [1.54, 1.807) is 11.0 Å². The van der Waals surface area contributed by atoms with Crippen molar-refractivity contribution in [2.75, 3.05) is 26.3 Å². The number of hydrogen-bond acceptors (Lipinski definition) is 4. The molecule has 1 unspecified atom stereocenters. The number of halogens is 3. The Morgan fingerprint density at radius 1 is 1.27 bits per heavy atom. The molecule has 1 aromatic carbocycles. The lowest BCUT2D eigenvalue weighted by atomic mass is 10.3. The van der Waals surface area contributed by atoms with E-state index in [0.717, 1.165) is 6.42 Å². The van der Waals surface area contributed by atoms with Crippen molar-refractivity contribution < 1.29 is 27.4 Å². The third kappa shape index (κ3) is 4.80. The summed E-state index contributed by atoms with van der Waals surface area (Å²) < 4.78 is 46.5. The fourth-order valence-electron chi connectivity index (χ4n) is 2.09. The second kappa shape index (κ2) is 6.87. The minimum absolute atomic E-state index is 0.0358. The molecule has 1 fully saturated rings. The molecule has 2 rings (SSSR count). The summed E-state index contributed by atoms with van der Waals surface area (Å²) in [5, 5.41) is 0. The molecule has 2 N–H and O–H groups in total. The van der Waals surface area contributed by atoms with Gasteiger partial charge in [0.2, 0.25) is 0 Å². The topological polar surface area (TPSA) is 64.8 Å². The molecule has 0 aromatic heterocycles. The molecule has 22 heavy (non-hydrogen) atoms. The number of nitrogens with two attached hydrogens (primary N) is 1. The van der Waals surface area contributed by atoms with Gasteiger partial charge in [-0.15, -0.1) is 0 Å². The lowest BCUT2D eigenvalue weighted by Gasteiger charge is -2.17. The molecule has 1 aliphatic heterocycles. The van der Waals surface area contributed by atoms with Crippen LogP contribution in [0.5, 0.6) is 11.5 Å². The summed E-state index contributed by atoms with van der Waals surface area (Å²) in [5.41, 5.74) is 5.71. The molecule has 8 heteroatoms. The molecule has 0 bridgehead atoms. The third-order valence-electron chi connectivity index (χ3n) is 3.17. The van der Waals surface area contributed by atoms with E-state index in [1.807, 2.05) is 0 Å². The van der Waals surface area contributed by atoms with Crippen LogP contribution in [-0.2, 0) is 4.79 Å². The van der Waals surface area contributed by atoms with E-state index in [-0.39, 0.29) is 30.1 Å². The van der Waals surface area contributed by atoms with Crippen LogP contribution in [0.4, 0.5) is 13.2 Å². The first kappa shape index (κ1) is 16.4. The second-order valence-electron chi connectivity index (χ2n) is 5.03. The normalized spacial score (nSPS) is 18.4. The van der Waals surface area contributed by atoms with Gasteiger partial charge < -0.3 is 20.1 Å². The maximum Gasteiger partial charge on any atom is 0.422 e. The Bertz CT molecular complexity index is 522. The molecule has 5 nitrogen and oxygen atoms in total. The van der Waals surface area contributed by atoms with Crippen LogP contribution in [0.2, 0.25) is 0 Å². The summed E-state index contributed by atoms with van der Waals surface area (Å²) in [6, 6.07) is 5.89. The molecule has 0 radical (unpaired) electrons. The molecule has 0 aliphatic carbocycles. The summed E-state index contributed by atoms with van der Waals surface area (Å²) in [7, 11) is 0. The largest absolute Gasteiger partial charge is 0.480 e. The summed E-state index contributed by atoms with van der Waals surface area (Å²) in [4.78, 5) is 13.5. The zero-order valence-electron chi connectivity index (χ0n) is 11.8. The Morgan fingerprint density at radius 3 is 2.45 bits per heavy atom. The van der Waals surface area contributed by atoms with Crippen molar-refractivity contribution in [2.45, 2.75) is 18.6 Å². The highest BCUT2D eigenvalue weighted by Crippen LogP contribution is 2.28. The van der Waals surface area contributed by atoms with Crippen molar-refractivity contribution in [2.24, 2.45) is 5.73 Å². The van der Waals surface area contributed by atoms with Crippen LogP contribution < -0.4 is 15.2 Å². The van der Waals surface area contributed by atoms with Gasteiger partial charge in [-0.25, -0.2) is 0 Å². The summed E-state index contributed by atoms with van der Waals surface area (Å²) in [6.07, 6.45) is -3.70. The zero-order chi connectivity index (χ0) is 16.2. The van der Waals surface area contributed by atoms with E-state index >= 15 is 0 Å². The van der Waals surface area contributed by atoms with Gasteiger partial charge in [0.1, 0.15) is 0 Å². The number of benzene rings is 1. The highest BCUT2D eigenvalue weighted by molar-refractivity contribution is 5.78. The number of likely N-dealkylation sites (tertiary alicyclic amines) is 1. The summed E-state index contributed by atoms with van der Waals surface area (Å²) >= 11 is 0. The van der Waals surface area contributed by atoms with Crippen LogP contribution in [0.25, 0.3) is 0 Å². The molecule has 0 spiro atoms. The van der Waals surface area contributed by atoms with E-state index in [9.17, 15) is 18.0 Å². The number of alkyl halides is 3. The van der Waals surface area contributed by atoms with Crippen LogP contribution in [0, 0.1) is 0 Å². The van der Waals surface area contributed by atoms with Gasteiger partial charge in [-0.3, -0.25) is 4.79 Å². The van der Waals surface area contributed by atoms with Crippen LogP contribution in [0.3, 0.4) is 0 Å². The second-order valence-corrected chi connectivity index (χ2v) is 5.03. The molecule has 1 aliphatic rings. The van der Waals surface area contributed by atoms with Crippen molar-refractivity contribution in [3.8, 4) is 11.5 Å². The Hall–Kier alpha value is -1.96. The quantitative estimate of drug-likeness (QED) is 0.895. The van der Waals surface area contributed by atoms with Crippen molar-refractivity contribution >= 4 is 5.91 Å². The highest BCUT2D eigenvalue weighted by Gasteiger charge is 2.29. The van der Waals surface area contributed by atoms with Crippen LogP contribution >= 0.6 is 0 Å². The van der Waals surface area contributed by atoms with Crippen molar-refractivity contribution in [1.82, 2.24) is 4.90 Å². The number of rotatable bonds is 5. The Labute approximate surface area is 125 Å². The molecule has 122 valence electrons. The molecule has 1 aromatic rings. The molecule has 1 saturated heterocycles. The van der Waals surface area contributed by atoms with Crippen molar-refractivity contribution in [1.29, 1.82) is 0 Å². The smallest absolute Gasteiger partial charge is 0.422 e. The predicted molar refractivity (Wildman–Crippen MR) is 72.7 cm³/mol. The first-order chi connectivity index (χ1) is 10.3. The van der Waals surface area contributed by atoms with Gasteiger partial charge in [0, 0.05) is 19.1 Å². The van der Waals surface area contributed by atoms with E-state index in [0.29, 0.717) is 13.1 Å². The number of carbonyl (C=O) groups is 1. The molecule has 1 amide bonds. The SMILES string of the molecule is NC1CCN(C(=O)COc2ccccc2OCC(F)(F)F)C1. The average molecular weight is 318 g/mol. The molecule has 1 atom stereocenters. The first-order valence-electron chi connectivity index (χ1n) is 6.80. The number of nitrogens with zero attached hydrogens (tertiary/aromatic N) is 1. The number of ether oxygens (including phenoxy) is 2. The van der Waals surface area contributed by atoms with Gasteiger partial charge in [-0.05, 0) is 18.6 Å². The maximum absolute atomic E-state index is 12.2. The fraction of sp³-hybridized carbons (Fsp3) is 0.500. The lowest BCUT2D eigenvalue weighted by Crippen LogP contribution is -2.35. The van der Waals surface area contributed by atoms with Crippen molar-refractivity contribution in [3.63, 3.8) is 0 Å². The maximum atomic E-state index is 12.2. The standard InChI is InChI=1S/C14H17F3N2O3/c15-14(16,17)9-22-12-4-2-1-3-11(12)21-8-13(20)19-6-5-10(18)7-19/h1-4,10H,5-9,18H2. The molecule has 1 heterocycles. The van der Waals surface area contributed by atoms with Gasteiger partial charge in [-0.2, -0.15) is 13.2 Å². The minimum atomic E-state index is -4.44. The monoisotopic (exact) mass is 318 g/mol. The van der Waals surface area contributed by atoms with E-state index in [4.69, 9.17) is 10.5 Å². The Kier molecular flexibility index (Phi) is 5.12. The minimum Gasteiger partial charge on any atom is -0.480 e. The number of para-hydroxylation sites is 2. The van der Waals surface area contributed by atoms with Gasteiger partial charge in [0.25, 0.3) is 5.91 Å². The van der Waals surface area contributed by atoms with Gasteiger partial charge in [0.15, 0.2) is 24.7 Å². The summed E-state index contributed by atoms with van der Waals surface area (Å²) in [5.74, 6) is -0.201. The predicted octanol–water partition coefficient (Wildman–Crippen LogP) is 1.57. The van der Waals surface area contributed by atoms with Crippen LogP contribution in [0.1, 0.15) is 6.42 Å². The lowest BCUT2D eigenvalue weighted by molar-refractivity contribution is -0.153. The first-order valence-corrected chi connectivity index (χ1v) is 6.80. The molecule has 0 saturated carbocycles. The van der Waals surface area contributed by atoms with Gasteiger partial charge >= 0.3 is 6.18 Å². The molecular formula is C14H17F3N2O3. The van der Waals surface area contributed by atoms with Gasteiger partial charge in [-0.1, -0.05) is 12.1 Å². The summed E-state index contributed by atoms with van der Waals surface area (Å²) in [6.45, 7) is -0.647. The van der Waals surface area contributed by atoms with E-state index < -0.39 is 12.8 Å². The average Bonchev–Trinajstić information content (AvgIpc) is 2.89. The third-order valence-corrected chi connectivity index (χ3v) is 3.17. The fourth-order valence-corrected chi connectivity index (χ4v) is 2.09. The highest BCUT2D eigenvalue weighted by atomic mass is 19.4. The Morgan fingerprint density at radius 2 is 1.91 bits per heavy atom. The van der Waals surface area contributed by atoms with E-state index in [2.05, 4.69) is 4.74 Å². The van der Waals surface area contributed by atoms with E-state index in [1.165, 1.54) is 18.2 Å². The number of amides is 1. The van der Waals surface area contributed by atoms with Crippen LogP contribution in [0.15, 0.2) is 24.3 Å². The molecular weight excluding hydrogens is 301 g/mol. The zero-order valence-corrected chi connectivity index (χ0v) is 11.8. The Balaban J connectivity index is 1.91.